The Morgan fingerprint density at radius 2 is 2.40 bits per heavy atom. The predicted molar refractivity (Wildman–Crippen MR) is 64.2 cm³/mol. The van der Waals surface area contributed by atoms with Crippen molar-refractivity contribution in [2.45, 2.75) is 6.92 Å². The van der Waals surface area contributed by atoms with Gasteiger partial charge in [-0.3, -0.25) is 4.79 Å². The largest absolute Gasteiger partial charge is 0.374 e. The molecule has 5 nitrogen and oxygen atoms in total. The zero-order valence-corrected chi connectivity index (χ0v) is 10.3. The third kappa shape index (κ3) is 4.05. The fraction of sp³-hybridized carbons (Fsp3) is 0.625. The average Bonchev–Trinajstić information content (AvgIpc) is 2.62. The molecule has 1 amide bonds. The number of hydrogen-bond donors (Lipinski definition) is 2. The Morgan fingerprint density at radius 3 is 2.93 bits per heavy atom. The molecule has 1 unspecified atom stereocenters. The second kappa shape index (κ2) is 5.92. The maximum Gasteiger partial charge on any atom is 0.282 e. The number of aromatic nitrogens is 2. The lowest BCUT2D eigenvalue weighted by molar-refractivity contribution is 0.0948. The summed E-state index contributed by atoms with van der Waals surface area (Å²) in [5.74, 6) is 1.28. The van der Waals surface area contributed by atoms with E-state index in [9.17, 15) is 4.79 Å². The van der Waals surface area contributed by atoms with Crippen molar-refractivity contribution in [3.05, 3.63) is 5.01 Å². The number of hydrogen-bond acceptors (Lipinski definition) is 6. The van der Waals surface area contributed by atoms with Crippen LogP contribution in [0.5, 0.6) is 0 Å². The molecule has 7 heteroatoms. The fourth-order valence-corrected chi connectivity index (χ4v) is 2.23. The van der Waals surface area contributed by atoms with Crippen molar-refractivity contribution >= 4 is 34.1 Å². The van der Waals surface area contributed by atoms with E-state index in [0.717, 1.165) is 17.1 Å². The zero-order valence-electron chi connectivity index (χ0n) is 8.69. The highest BCUT2D eigenvalue weighted by atomic mass is 32.2. The van der Waals surface area contributed by atoms with Crippen molar-refractivity contribution in [1.82, 2.24) is 15.5 Å². The first-order chi connectivity index (χ1) is 7.13. The van der Waals surface area contributed by atoms with E-state index in [1.165, 1.54) is 0 Å². The van der Waals surface area contributed by atoms with Crippen LogP contribution in [0.3, 0.4) is 0 Å². The van der Waals surface area contributed by atoms with Crippen LogP contribution in [0.2, 0.25) is 0 Å². The minimum atomic E-state index is -0.197. The second-order valence-electron chi connectivity index (χ2n) is 3.22. The third-order valence-electron chi connectivity index (χ3n) is 1.70. The van der Waals surface area contributed by atoms with Crippen LogP contribution in [0.4, 0.5) is 5.13 Å². The molecule has 0 aliphatic carbocycles. The molecule has 0 aromatic carbocycles. The van der Waals surface area contributed by atoms with Gasteiger partial charge in [-0.15, -0.1) is 10.2 Å². The normalized spacial score (nSPS) is 12.4. The van der Waals surface area contributed by atoms with Crippen molar-refractivity contribution in [1.29, 1.82) is 0 Å². The molecule has 0 bridgehead atoms. The van der Waals surface area contributed by atoms with Gasteiger partial charge in [-0.1, -0.05) is 18.3 Å². The quantitative estimate of drug-likeness (QED) is 0.805. The average molecular weight is 246 g/mol. The summed E-state index contributed by atoms with van der Waals surface area (Å²) in [5.41, 5.74) is 5.38. The first-order valence-electron chi connectivity index (χ1n) is 4.49. The van der Waals surface area contributed by atoms with Crippen LogP contribution < -0.4 is 11.1 Å². The molecule has 0 aliphatic heterocycles. The van der Waals surface area contributed by atoms with E-state index in [-0.39, 0.29) is 5.91 Å². The molecular formula is C8H14N4OS2. The third-order valence-corrected chi connectivity index (χ3v) is 3.35. The Bertz CT molecular complexity index is 328. The number of anilines is 1. The van der Waals surface area contributed by atoms with Crippen LogP contribution in [0.25, 0.3) is 0 Å². The van der Waals surface area contributed by atoms with Crippen LogP contribution in [-0.2, 0) is 0 Å². The van der Waals surface area contributed by atoms with E-state index < -0.39 is 0 Å². The molecule has 1 heterocycles. The van der Waals surface area contributed by atoms with Gasteiger partial charge in [0.05, 0.1) is 0 Å². The molecule has 0 saturated carbocycles. The van der Waals surface area contributed by atoms with Crippen molar-refractivity contribution in [2.24, 2.45) is 5.92 Å². The Hall–Kier alpha value is -0.820. The number of nitrogens with two attached hydrogens (primary N) is 1. The van der Waals surface area contributed by atoms with Crippen LogP contribution in [0.1, 0.15) is 16.7 Å². The minimum absolute atomic E-state index is 0.197. The molecule has 3 N–H and O–H groups in total. The van der Waals surface area contributed by atoms with Gasteiger partial charge in [-0.2, -0.15) is 11.8 Å². The molecule has 84 valence electrons. The van der Waals surface area contributed by atoms with Crippen molar-refractivity contribution in [3.8, 4) is 0 Å². The fourth-order valence-electron chi connectivity index (χ4n) is 1.01. The van der Waals surface area contributed by atoms with Gasteiger partial charge in [0.1, 0.15) is 0 Å². The first-order valence-corrected chi connectivity index (χ1v) is 6.70. The van der Waals surface area contributed by atoms with Crippen LogP contribution in [0.15, 0.2) is 0 Å². The van der Waals surface area contributed by atoms with Crippen molar-refractivity contribution < 1.29 is 4.79 Å². The summed E-state index contributed by atoms with van der Waals surface area (Å²) in [4.78, 5) is 11.5. The Balaban J connectivity index is 2.36. The Labute approximate surface area is 96.8 Å². The van der Waals surface area contributed by atoms with Gasteiger partial charge in [0.25, 0.3) is 5.91 Å². The number of amides is 1. The number of nitrogens with one attached hydrogen (secondary N) is 1. The molecule has 1 atom stereocenters. The molecule has 0 saturated heterocycles. The van der Waals surface area contributed by atoms with E-state index >= 15 is 0 Å². The number of nitrogen functional groups attached to an aromatic ring is 1. The van der Waals surface area contributed by atoms with E-state index in [1.54, 1.807) is 11.8 Å². The predicted octanol–water partition coefficient (Wildman–Crippen LogP) is 0.849. The lowest BCUT2D eigenvalue weighted by atomic mass is 10.2. The lowest BCUT2D eigenvalue weighted by Gasteiger charge is -2.09. The highest BCUT2D eigenvalue weighted by Gasteiger charge is 2.12. The molecule has 1 aromatic heterocycles. The van der Waals surface area contributed by atoms with Gasteiger partial charge in [0, 0.05) is 6.54 Å². The zero-order chi connectivity index (χ0) is 11.3. The highest BCUT2D eigenvalue weighted by Crippen LogP contribution is 2.10. The summed E-state index contributed by atoms with van der Waals surface area (Å²) in [6.45, 7) is 2.74. The van der Waals surface area contributed by atoms with E-state index in [2.05, 4.69) is 22.4 Å². The molecular weight excluding hydrogens is 232 g/mol. The van der Waals surface area contributed by atoms with Crippen LogP contribution in [0, 0.1) is 5.92 Å². The molecule has 1 rings (SSSR count). The Morgan fingerprint density at radius 1 is 1.67 bits per heavy atom. The summed E-state index contributed by atoms with van der Waals surface area (Å²) in [6.07, 6.45) is 2.05. The minimum Gasteiger partial charge on any atom is -0.374 e. The number of nitrogens with zero attached hydrogens (tertiary/aromatic N) is 2. The topological polar surface area (TPSA) is 80.9 Å². The SMILES string of the molecule is CSCC(C)CNC(=O)c1nnc(N)s1. The van der Waals surface area contributed by atoms with Crippen molar-refractivity contribution in [2.75, 3.05) is 24.3 Å². The molecule has 15 heavy (non-hydrogen) atoms. The monoisotopic (exact) mass is 246 g/mol. The van der Waals surface area contributed by atoms with Crippen LogP contribution >= 0.6 is 23.1 Å². The maximum absolute atomic E-state index is 11.5. The van der Waals surface area contributed by atoms with Gasteiger partial charge in [-0.05, 0) is 17.9 Å². The lowest BCUT2D eigenvalue weighted by Crippen LogP contribution is -2.29. The summed E-state index contributed by atoms with van der Waals surface area (Å²) in [7, 11) is 0. The summed E-state index contributed by atoms with van der Waals surface area (Å²) in [5, 5.41) is 10.7. The summed E-state index contributed by atoms with van der Waals surface area (Å²) < 4.78 is 0. The van der Waals surface area contributed by atoms with Crippen LogP contribution in [-0.4, -0.2) is 34.7 Å². The van der Waals surface area contributed by atoms with Gasteiger partial charge in [-0.25, -0.2) is 0 Å². The van der Waals surface area contributed by atoms with Crippen molar-refractivity contribution in [3.63, 3.8) is 0 Å². The Kier molecular flexibility index (Phi) is 4.83. The number of carbonyl (C=O) groups is 1. The smallest absolute Gasteiger partial charge is 0.282 e. The number of carbonyl (C=O) groups excluding carboxylic acids is 1. The van der Waals surface area contributed by atoms with Gasteiger partial charge >= 0.3 is 0 Å². The van der Waals surface area contributed by atoms with Gasteiger partial charge in [0.15, 0.2) is 0 Å². The molecule has 1 aromatic rings. The summed E-state index contributed by atoms with van der Waals surface area (Å²) in [6, 6.07) is 0. The first kappa shape index (κ1) is 12.3. The number of rotatable bonds is 5. The van der Waals surface area contributed by atoms with Gasteiger partial charge < -0.3 is 11.1 Å². The molecule has 0 spiro atoms. The number of thioether (sulfide) groups is 1. The standard InChI is InChI=1S/C8H14N4OS2/c1-5(4-14-2)3-10-6(13)7-11-12-8(9)15-7/h5H,3-4H2,1-2H3,(H2,9,12)(H,10,13). The van der Waals surface area contributed by atoms with E-state index in [4.69, 9.17) is 5.73 Å². The van der Waals surface area contributed by atoms with E-state index in [0.29, 0.717) is 22.6 Å². The highest BCUT2D eigenvalue weighted by molar-refractivity contribution is 7.98. The molecule has 0 aliphatic rings. The van der Waals surface area contributed by atoms with E-state index in [1.807, 2.05) is 6.26 Å². The maximum atomic E-state index is 11.5. The summed E-state index contributed by atoms with van der Waals surface area (Å²) >= 11 is 2.86. The molecule has 0 fully saturated rings. The second-order valence-corrected chi connectivity index (χ2v) is 5.14. The molecule has 0 radical (unpaired) electrons. The van der Waals surface area contributed by atoms with Gasteiger partial charge in [0.2, 0.25) is 10.1 Å².